The zero-order valence-electron chi connectivity index (χ0n) is 8.90. The van der Waals surface area contributed by atoms with E-state index in [2.05, 4.69) is 22.5 Å². The van der Waals surface area contributed by atoms with Crippen molar-refractivity contribution in [1.29, 1.82) is 0 Å². The largest absolute Gasteiger partial charge is 0.313 e. The molecule has 0 bridgehead atoms. The number of thiazole rings is 1. The van der Waals surface area contributed by atoms with Gasteiger partial charge >= 0.3 is 0 Å². The Kier molecular flexibility index (Phi) is 5.53. The van der Waals surface area contributed by atoms with E-state index < -0.39 is 0 Å². The molecule has 2 unspecified atom stereocenters. The Hall–Kier alpha value is -0.160. The monoisotopic (exact) mass is 247 g/mol. The van der Waals surface area contributed by atoms with Gasteiger partial charge in [-0.2, -0.15) is 0 Å². The van der Waals surface area contributed by atoms with E-state index in [9.17, 15) is 0 Å². The maximum absolute atomic E-state index is 4.30. The Morgan fingerprint density at radius 2 is 2.60 bits per heavy atom. The average Bonchev–Trinajstić information content (AvgIpc) is 2.87. The van der Waals surface area contributed by atoms with Crippen molar-refractivity contribution in [3.63, 3.8) is 0 Å². The molecule has 1 aromatic heterocycles. The molecule has 0 amide bonds. The highest BCUT2D eigenvalue weighted by atomic mass is 35.5. The molecule has 1 saturated heterocycles. The van der Waals surface area contributed by atoms with Crippen LogP contribution in [0, 0.1) is 0 Å². The van der Waals surface area contributed by atoms with E-state index in [1.807, 2.05) is 11.6 Å². The molecule has 3 nitrogen and oxygen atoms in total. The van der Waals surface area contributed by atoms with E-state index in [1.54, 1.807) is 11.3 Å². The molecule has 1 aromatic rings. The topological polar surface area (TPSA) is 37.0 Å². The third kappa shape index (κ3) is 3.72. The van der Waals surface area contributed by atoms with Crippen molar-refractivity contribution in [2.75, 3.05) is 13.1 Å². The summed E-state index contributed by atoms with van der Waals surface area (Å²) in [6, 6.07) is 1.05. The van der Waals surface area contributed by atoms with Crippen LogP contribution >= 0.6 is 23.7 Å². The first-order valence-corrected chi connectivity index (χ1v) is 6.10. The van der Waals surface area contributed by atoms with Gasteiger partial charge in [0.15, 0.2) is 0 Å². The highest BCUT2D eigenvalue weighted by molar-refractivity contribution is 7.09. The molecule has 86 valence electrons. The predicted octanol–water partition coefficient (Wildman–Crippen LogP) is 1.97. The zero-order chi connectivity index (χ0) is 9.80. The molecule has 0 spiro atoms. The first-order valence-electron chi connectivity index (χ1n) is 5.22. The van der Waals surface area contributed by atoms with Crippen LogP contribution in [0.25, 0.3) is 0 Å². The summed E-state index contributed by atoms with van der Waals surface area (Å²) in [5.74, 6) is 0. The molecule has 1 aliphatic rings. The van der Waals surface area contributed by atoms with Crippen molar-refractivity contribution in [3.05, 3.63) is 16.6 Å². The second-order valence-electron chi connectivity index (χ2n) is 3.79. The van der Waals surface area contributed by atoms with Crippen molar-refractivity contribution in [1.82, 2.24) is 15.6 Å². The van der Waals surface area contributed by atoms with Gasteiger partial charge in [-0.05, 0) is 26.3 Å². The third-order valence-corrected chi connectivity index (χ3v) is 3.61. The Morgan fingerprint density at radius 1 is 1.73 bits per heavy atom. The first-order chi connectivity index (χ1) is 6.86. The van der Waals surface area contributed by atoms with Gasteiger partial charge in [0.25, 0.3) is 0 Å². The van der Waals surface area contributed by atoms with Crippen LogP contribution in [-0.4, -0.2) is 24.1 Å². The summed E-state index contributed by atoms with van der Waals surface area (Å²) in [6.07, 6.45) is 4.49. The van der Waals surface area contributed by atoms with Crippen LogP contribution in [-0.2, 0) is 0 Å². The minimum Gasteiger partial charge on any atom is -0.313 e. The summed E-state index contributed by atoms with van der Waals surface area (Å²) < 4.78 is 0. The third-order valence-electron chi connectivity index (χ3n) is 2.65. The summed E-state index contributed by atoms with van der Waals surface area (Å²) in [4.78, 5) is 4.30. The number of nitrogens with zero attached hydrogens (tertiary/aromatic N) is 1. The van der Waals surface area contributed by atoms with E-state index in [-0.39, 0.29) is 12.4 Å². The highest BCUT2D eigenvalue weighted by Gasteiger charge is 2.15. The molecule has 1 fully saturated rings. The minimum atomic E-state index is 0. The molecule has 2 heterocycles. The average molecular weight is 248 g/mol. The Balaban J connectivity index is 0.00000112. The SMILES string of the molecule is CC(NCC1CCCN1)c1nccs1.Cl. The van der Waals surface area contributed by atoms with Gasteiger partial charge in [-0.25, -0.2) is 4.98 Å². The summed E-state index contributed by atoms with van der Waals surface area (Å²) in [5.41, 5.74) is 0. The quantitative estimate of drug-likeness (QED) is 0.854. The van der Waals surface area contributed by atoms with Crippen LogP contribution in [0.15, 0.2) is 11.6 Å². The van der Waals surface area contributed by atoms with Crippen LogP contribution in [0.5, 0.6) is 0 Å². The molecular weight excluding hydrogens is 230 g/mol. The van der Waals surface area contributed by atoms with Crippen molar-refractivity contribution < 1.29 is 0 Å². The molecule has 0 aromatic carbocycles. The number of hydrogen-bond acceptors (Lipinski definition) is 4. The second kappa shape index (κ2) is 6.43. The van der Waals surface area contributed by atoms with Gasteiger partial charge in [-0.1, -0.05) is 0 Å². The molecule has 1 aliphatic heterocycles. The molecule has 0 aliphatic carbocycles. The summed E-state index contributed by atoms with van der Waals surface area (Å²) in [6.45, 7) is 4.41. The Labute approximate surface area is 101 Å². The lowest BCUT2D eigenvalue weighted by atomic mass is 10.2. The van der Waals surface area contributed by atoms with E-state index in [0.29, 0.717) is 12.1 Å². The maximum Gasteiger partial charge on any atom is 0.109 e. The van der Waals surface area contributed by atoms with Gasteiger partial charge < -0.3 is 10.6 Å². The van der Waals surface area contributed by atoms with E-state index in [0.717, 1.165) is 6.54 Å². The lowest BCUT2D eigenvalue weighted by Crippen LogP contribution is -2.35. The van der Waals surface area contributed by atoms with Crippen LogP contribution in [0.1, 0.15) is 30.8 Å². The molecule has 15 heavy (non-hydrogen) atoms. The smallest absolute Gasteiger partial charge is 0.109 e. The van der Waals surface area contributed by atoms with Crippen LogP contribution in [0.2, 0.25) is 0 Å². The normalized spacial score (nSPS) is 22.3. The van der Waals surface area contributed by atoms with Crippen LogP contribution < -0.4 is 10.6 Å². The predicted molar refractivity (Wildman–Crippen MR) is 66.8 cm³/mol. The minimum absolute atomic E-state index is 0. The molecule has 2 N–H and O–H groups in total. The van der Waals surface area contributed by atoms with Crippen LogP contribution in [0.4, 0.5) is 0 Å². The molecule has 0 saturated carbocycles. The molecule has 0 radical (unpaired) electrons. The summed E-state index contributed by atoms with van der Waals surface area (Å²) >= 11 is 1.72. The van der Waals surface area contributed by atoms with Crippen molar-refractivity contribution in [2.24, 2.45) is 0 Å². The Morgan fingerprint density at radius 3 is 3.20 bits per heavy atom. The molecular formula is C10H18ClN3S. The van der Waals surface area contributed by atoms with Gasteiger partial charge in [-0.15, -0.1) is 23.7 Å². The highest BCUT2D eigenvalue weighted by Crippen LogP contribution is 2.15. The van der Waals surface area contributed by atoms with Gasteiger partial charge in [0.1, 0.15) is 5.01 Å². The fourth-order valence-electron chi connectivity index (χ4n) is 1.79. The molecule has 2 rings (SSSR count). The number of hydrogen-bond donors (Lipinski definition) is 2. The lowest BCUT2D eigenvalue weighted by Gasteiger charge is -2.15. The van der Waals surface area contributed by atoms with E-state index >= 15 is 0 Å². The molecule has 2 atom stereocenters. The number of halogens is 1. The van der Waals surface area contributed by atoms with Crippen molar-refractivity contribution in [3.8, 4) is 0 Å². The Bertz CT molecular complexity index is 260. The second-order valence-corrected chi connectivity index (χ2v) is 4.72. The maximum atomic E-state index is 4.30. The van der Waals surface area contributed by atoms with Gasteiger partial charge in [0.2, 0.25) is 0 Å². The van der Waals surface area contributed by atoms with Gasteiger partial charge in [0, 0.05) is 24.2 Å². The van der Waals surface area contributed by atoms with Crippen molar-refractivity contribution >= 4 is 23.7 Å². The summed E-state index contributed by atoms with van der Waals surface area (Å²) in [7, 11) is 0. The van der Waals surface area contributed by atoms with E-state index in [4.69, 9.17) is 0 Å². The van der Waals surface area contributed by atoms with Crippen LogP contribution in [0.3, 0.4) is 0 Å². The van der Waals surface area contributed by atoms with Crippen molar-refractivity contribution in [2.45, 2.75) is 31.8 Å². The number of aromatic nitrogens is 1. The fourth-order valence-corrected chi connectivity index (χ4v) is 2.46. The lowest BCUT2D eigenvalue weighted by molar-refractivity contribution is 0.489. The van der Waals surface area contributed by atoms with Gasteiger partial charge in [-0.3, -0.25) is 0 Å². The number of nitrogens with one attached hydrogen (secondary N) is 2. The summed E-state index contributed by atoms with van der Waals surface area (Å²) in [5, 5.41) is 10.2. The van der Waals surface area contributed by atoms with E-state index in [1.165, 1.54) is 24.4 Å². The zero-order valence-corrected chi connectivity index (χ0v) is 10.5. The first kappa shape index (κ1) is 12.9. The van der Waals surface area contributed by atoms with Gasteiger partial charge in [0.05, 0.1) is 6.04 Å². The molecule has 5 heteroatoms. The number of rotatable bonds is 4. The fraction of sp³-hybridized carbons (Fsp3) is 0.700. The standard InChI is InChI=1S/C10H17N3S.ClH/c1-8(10-12-5-6-14-10)13-7-9-3-2-4-11-9;/h5-6,8-9,11,13H,2-4,7H2,1H3;1H.